The smallest absolute Gasteiger partial charge is 0.187 e. The summed E-state index contributed by atoms with van der Waals surface area (Å²) in [5, 5.41) is 0. The normalized spacial score (nSPS) is 0. The largest absolute Gasteiger partial charge is 0.412 e. The molecular formula is H12AlHfNOSi. The molecule has 0 aliphatic carbocycles. The van der Waals surface area contributed by atoms with Crippen molar-refractivity contribution >= 4 is 28.3 Å². The molecule has 5 heteroatoms. The van der Waals surface area contributed by atoms with Crippen LogP contribution in [-0.4, -0.2) is 33.8 Å². The zero-order chi connectivity index (χ0) is 0. The molecular weight excluding hydrogens is 264 g/mol. The van der Waals surface area contributed by atoms with Gasteiger partial charge in [-0.3, -0.25) is 0 Å². The maximum absolute atomic E-state index is 0. The summed E-state index contributed by atoms with van der Waals surface area (Å²) in [7, 11) is 0. The first kappa shape index (κ1) is 84.7. The molecule has 0 aliphatic rings. The van der Waals surface area contributed by atoms with Gasteiger partial charge in [-0.05, 0) is 11.0 Å². The molecule has 2 nitrogen and oxygen atoms in total. The van der Waals surface area contributed by atoms with Crippen molar-refractivity contribution in [2.45, 2.75) is 0 Å². The predicted octanol–water partition coefficient (Wildman–Crippen LogP) is -3.30. The average molecular weight is 276 g/mol. The van der Waals surface area contributed by atoms with Gasteiger partial charge in [0.1, 0.15) is 0 Å². The first-order valence-electron chi connectivity index (χ1n) is 0. The van der Waals surface area contributed by atoms with E-state index in [1.165, 1.54) is 0 Å². The zero-order valence-corrected chi connectivity index (χ0v) is 5.30. The van der Waals surface area contributed by atoms with Crippen LogP contribution in [0.3, 0.4) is 0 Å². The van der Waals surface area contributed by atoms with Gasteiger partial charge in [0.2, 0.25) is 0 Å². The second kappa shape index (κ2) is 48.2. The van der Waals surface area contributed by atoms with Gasteiger partial charge in [-0.2, -0.15) is 0 Å². The molecule has 0 unspecified atom stereocenters. The predicted molar refractivity (Wildman–Crippen MR) is 29.9 cm³/mol. The Balaban J connectivity index is 0. The van der Waals surface area contributed by atoms with Crippen LogP contribution in [0.5, 0.6) is 0 Å². The molecule has 0 aliphatic heterocycles. The molecule has 0 aromatic heterocycles. The van der Waals surface area contributed by atoms with Crippen LogP contribution < -0.4 is 6.15 Å². The Morgan fingerprint density at radius 3 is 1.00 bits per heavy atom. The molecule has 0 aromatic carbocycles. The Morgan fingerprint density at radius 2 is 1.00 bits per heavy atom. The molecule has 0 radical (unpaired) electrons. The van der Waals surface area contributed by atoms with Gasteiger partial charge in [0, 0.05) is 25.8 Å². The van der Waals surface area contributed by atoms with Gasteiger partial charge < -0.3 is 11.6 Å². The van der Waals surface area contributed by atoms with E-state index in [0.717, 1.165) is 0 Å². The third-order valence-electron chi connectivity index (χ3n) is 0. The first-order valence-corrected chi connectivity index (χ1v) is 0. The monoisotopic (exact) mass is 277 g/mol. The van der Waals surface area contributed by atoms with E-state index in [2.05, 4.69) is 0 Å². The van der Waals surface area contributed by atoms with Gasteiger partial charge in [-0.1, -0.05) is 0 Å². The summed E-state index contributed by atoms with van der Waals surface area (Å²) < 4.78 is 0. The summed E-state index contributed by atoms with van der Waals surface area (Å²) in [5.74, 6) is 0. The van der Waals surface area contributed by atoms with Crippen LogP contribution >= 0.6 is 0 Å². The summed E-state index contributed by atoms with van der Waals surface area (Å²) in [5.41, 5.74) is 0. The molecule has 34 valence electrons. The van der Waals surface area contributed by atoms with Gasteiger partial charge in [-0.25, -0.2) is 0 Å². The second-order valence-corrected chi connectivity index (χ2v) is 0. The van der Waals surface area contributed by atoms with E-state index in [1.807, 2.05) is 0 Å². The van der Waals surface area contributed by atoms with E-state index in [9.17, 15) is 0 Å². The molecule has 5 heavy (non-hydrogen) atoms. The van der Waals surface area contributed by atoms with Crippen molar-refractivity contribution in [2.75, 3.05) is 0 Å². The first-order chi connectivity index (χ1) is 0. The molecule has 0 fully saturated rings. The summed E-state index contributed by atoms with van der Waals surface area (Å²) >= 11 is 0. The summed E-state index contributed by atoms with van der Waals surface area (Å²) in [6.07, 6.45) is 0. The molecule has 5 N–H and O–H groups in total. The molecule has 0 atom stereocenters. The van der Waals surface area contributed by atoms with Crippen molar-refractivity contribution < 1.29 is 31.3 Å². The van der Waals surface area contributed by atoms with E-state index in [-0.39, 0.29) is 65.8 Å². The van der Waals surface area contributed by atoms with Crippen LogP contribution in [0.4, 0.5) is 0 Å². The van der Waals surface area contributed by atoms with E-state index in [1.54, 1.807) is 0 Å². The third-order valence-corrected chi connectivity index (χ3v) is 0. The van der Waals surface area contributed by atoms with Crippen LogP contribution in [0.1, 0.15) is 0 Å². The van der Waals surface area contributed by atoms with E-state index < -0.39 is 0 Å². The summed E-state index contributed by atoms with van der Waals surface area (Å²) in [4.78, 5) is 0. The molecule has 0 heterocycles. The second-order valence-electron chi connectivity index (χ2n) is 0. The van der Waals surface area contributed by atoms with E-state index in [0.29, 0.717) is 0 Å². The number of rotatable bonds is 0. The number of hydrogen-bond acceptors (Lipinski definition) is 1. The average Bonchev–Trinajstić information content (AvgIpc) is 0. The molecule has 0 bridgehead atoms. The number of hydrogen-bond donors (Lipinski definition) is 1. The molecule has 0 amide bonds. The van der Waals surface area contributed by atoms with Gasteiger partial charge in [0.15, 0.2) is 17.4 Å². The SMILES string of the molecule is N.O.[AlH3].[Hf].[SiH4]. The standard InChI is InChI=1S/Al.Hf.H3N.H2O.H4Si.3H/h;;1H3;1H2;1H4;;;. The Morgan fingerprint density at radius 1 is 1.00 bits per heavy atom. The van der Waals surface area contributed by atoms with Gasteiger partial charge in [-0.15, -0.1) is 0 Å². The topological polar surface area (TPSA) is 66.5 Å². The van der Waals surface area contributed by atoms with Crippen molar-refractivity contribution in [1.29, 1.82) is 0 Å². The Bertz CT molecular complexity index is 11.6. The maximum Gasteiger partial charge on any atom is 0.187 e. The van der Waals surface area contributed by atoms with E-state index in [4.69, 9.17) is 0 Å². The summed E-state index contributed by atoms with van der Waals surface area (Å²) in [6, 6.07) is 0. The zero-order valence-electron chi connectivity index (χ0n) is 1.71. The fourth-order valence-electron chi connectivity index (χ4n) is 0. The molecule has 0 aromatic rings. The minimum Gasteiger partial charge on any atom is -0.412 e. The Labute approximate surface area is 65.5 Å². The molecule has 0 spiro atoms. The Hall–Kier alpha value is 1.54. The molecule has 0 rings (SSSR count). The van der Waals surface area contributed by atoms with Gasteiger partial charge in [0.25, 0.3) is 0 Å². The van der Waals surface area contributed by atoms with Crippen molar-refractivity contribution in [3.63, 3.8) is 0 Å². The quantitative estimate of drug-likeness (QED) is 0.463. The van der Waals surface area contributed by atoms with E-state index >= 15 is 0 Å². The maximum atomic E-state index is 0. The third kappa shape index (κ3) is 29.3. The fourth-order valence-corrected chi connectivity index (χ4v) is 0. The van der Waals surface area contributed by atoms with Crippen molar-refractivity contribution in [3.05, 3.63) is 0 Å². The van der Waals surface area contributed by atoms with Crippen LogP contribution in [0, 0.1) is 0 Å². The van der Waals surface area contributed by atoms with Crippen molar-refractivity contribution in [2.24, 2.45) is 0 Å². The van der Waals surface area contributed by atoms with Crippen LogP contribution in [0.15, 0.2) is 0 Å². The van der Waals surface area contributed by atoms with Crippen molar-refractivity contribution in [1.82, 2.24) is 6.15 Å². The molecule has 0 saturated heterocycles. The fraction of sp³-hybridized carbons (Fsp3) is 0. The van der Waals surface area contributed by atoms with Crippen LogP contribution in [0.2, 0.25) is 0 Å². The van der Waals surface area contributed by atoms with Crippen LogP contribution in [0.25, 0.3) is 0 Å². The van der Waals surface area contributed by atoms with Gasteiger partial charge >= 0.3 is 0 Å². The molecule has 0 saturated carbocycles. The Kier molecular flexibility index (Phi) is 816. The minimum atomic E-state index is 0. The van der Waals surface area contributed by atoms with Crippen molar-refractivity contribution in [3.8, 4) is 0 Å². The summed E-state index contributed by atoms with van der Waals surface area (Å²) in [6.45, 7) is 0. The minimum absolute atomic E-state index is 0. The van der Waals surface area contributed by atoms with Gasteiger partial charge in [0.05, 0.1) is 0 Å². The van der Waals surface area contributed by atoms with Crippen LogP contribution in [-0.2, 0) is 25.8 Å².